The minimum absolute atomic E-state index is 0.153. The van der Waals surface area contributed by atoms with Gasteiger partial charge < -0.3 is 10.6 Å². The van der Waals surface area contributed by atoms with E-state index in [1.807, 2.05) is 0 Å². The van der Waals surface area contributed by atoms with Crippen molar-refractivity contribution in [2.45, 2.75) is 45.6 Å². The fraction of sp³-hybridized carbons (Fsp3) is 0.923. The SMILES string of the molecule is CCCC1(C(=O)NC(C)CSC)CCCNC1. The molecule has 2 atom stereocenters. The lowest BCUT2D eigenvalue weighted by Crippen LogP contribution is -2.52. The van der Waals surface area contributed by atoms with Crippen molar-refractivity contribution in [2.24, 2.45) is 5.41 Å². The van der Waals surface area contributed by atoms with E-state index in [2.05, 4.69) is 30.7 Å². The molecule has 0 spiro atoms. The number of nitrogens with one attached hydrogen (secondary N) is 2. The van der Waals surface area contributed by atoms with E-state index >= 15 is 0 Å². The molecule has 0 saturated carbocycles. The van der Waals surface area contributed by atoms with E-state index in [9.17, 15) is 4.79 Å². The molecule has 1 saturated heterocycles. The van der Waals surface area contributed by atoms with E-state index in [4.69, 9.17) is 0 Å². The maximum atomic E-state index is 12.4. The number of thioether (sulfide) groups is 1. The predicted octanol–water partition coefficient (Wildman–Crippen LogP) is 2.02. The minimum atomic E-state index is -0.153. The van der Waals surface area contributed by atoms with Crippen molar-refractivity contribution < 1.29 is 4.79 Å². The van der Waals surface area contributed by atoms with Crippen LogP contribution in [0.25, 0.3) is 0 Å². The Morgan fingerprint density at radius 3 is 2.88 bits per heavy atom. The van der Waals surface area contributed by atoms with Gasteiger partial charge in [0.2, 0.25) is 5.91 Å². The highest BCUT2D eigenvalue weighted by atomic mass is 32.2. The summed E-state index contributed by atoms with van der Waals surface area (Å²) in [6.45, 7) is 6.15. The Bertz CT molecular complexity index is 234. The molecule has 0 aromatic rings. The molecule has 0 aromatic carbocycles. The van der Waals surface area contributed by atoms with E-state index in [1.165, 1.54) is 0 Å². The third-order valence-electron chi connectivity index (χ3n) is 3.48. The van der Waals surface area contributed by atoms with Crippen LogP contribution in [0, 0.1) is 5.41 Å². The highest BCUT2D eigenvalue weighted by molar-refractivity contribution is 7.98. The monoisotopic (exact) mass is 258 g/mol. The van der Waals surface area contributed by atoms with E-state index in [-0.39, 0.29) is 17.4 Å². The Morgan fingerprint density at radius 2 is 2.35 bits per heavy atom. The molecule has 2 N–H and O–H groups in total. The largest absolute Gasteiger partial charge is 0.352 e. The lowest BCUT2D eigenvalue weighted by molar-refractivity contribution is -0.133. The second kappa shape index (κ2) is 7.27. The molecule has 0 bridgehead atoms. The number of rotatable bonds is 6. The molecule has 0 aromatic heterocycles. The minimum Gasteiger partial charge on any atom is -0.352 e. The molecule has 1 heterocycles. The Labute approximate surface area is 109 Å². The standard InChI is InChI=1S/C13H26N2OS/c1-4-6-13(7-5-8-14-10-13)12(16)15-11(2)9-17-3/h11,14H,4-10H2,1-3H3,(H,15,16). The summed E-state index contributed by atoms with van der Waals surface area (Å²) in [6.07, 6.45) is 6.30. The molecular formula is C13H26N2OS. The summed E-state index contributed by atoms with van der Waals surface area (Å²) in [5.74, 6) is 1.24. The maximum Gasteiger partial charge on any atom is 0.227 e. The fourth-order valence-corrected chi connectivity index (χ4v) is 3.22. The predicted molar refractivity (Wildman–Crippen MR) is 75.4 cm³/mol. The Hall–Kier alpha value is -0.220. The molecule has 1 rings (SSSR count). The number of amides is 1. The van der Waals surface area contributed by atoms with Crippen LogP contribution in [0.3, 0.4) is 0 Å². The first-order valence-corrected chi connectivity index (χ1v) is 8.04. The highest BCUT2D eigenvalue weighted by Gasteiger charge is 2.38. The van der Waals surface area contributed by atoms with Crippen molar-refractivity contribution in [3.8, 4) is 0 Å². The van der Waals surface area contributed by atoms with Gasteiger partial charge in [-0.1, -0.05) is 13.3 Å². The van der Waals surface area contributed by atoms with Crippen LogP contribution in [0.4, 0.5) is 0 Å². The zero-order valence-electron chi connectivity index (χ0n) is 11.3. The summed E-state index contributed by atoms with van der Waals surface area (Å²) in [5.41, 5.74) is -0.153. The van der Waals surface area contributed by atoms with E-state index in [1.54, 1.807) is 11.8 Å². The van der Waals surface area contributed by atoms with Gasteiger partial charge in [0, 0.05) is 18.3 Å². The summed E-state index contributed by atoms with van der Waals surface area (Å²) in [7, 11) is 0. The molecule has 2 unspecified atom stereocenters. The van der Waals surface area contributed by atoms with Gasteiger partial charge >= 0.3 is 0 Å². The number of piperidine rings is 1. The summed E-state index contributed by atoms with van der Waals surface area (Å²) in [5, 5.41) is 6.56. The van der Waals surface area contributed by atoms with Crippen molar-refractivity contribution >= 4 is 17.7 Å². The second-order valence-electron chi connectivity index (χ2n) is 5.14. The zero-order valence-corrected chi connectivity index (χ0v) is 12.2. The molecule has 1 amide bonds. The van der Waals surface area contributed by atoms with Crippen molar-refractivity contribution in [3.05, 3.63) is 0 Å². The van der Waals surface area contributed by atoms with E-state index < -0.39 is 0 Å². The molecule has 0 radical (unpaired) electrons. The van der Waals surface area contributed by atoms with Gasteiger partial charge in [0.1, 0.15) is 0 Å². The van der Waals surface area contributed by atoms with Crippen molar-refractivity contribution in [2.75, 3.05) is 25.1 Å². The van der Waals surface area contributed by atoms with Crippen molar-refractivity contribution in [1.82, 2.24) is 10.6 Å². The first kappa shape index (κ1) is 14.8. The highest BCUT2D eigenvalue weighted by Crippen LogP contribution is 2.32. The van der Waals surface area contributed by atoms with Gasteiger partial charge in [0.25, 0.3) is 0 Å². The quantitative estimate of drug-likeness (QED) is 0.766. The first-order chi connectivity index (χ1) is 8.14. The number of carbonyl (C=O) groups excluding carboxylic acids is 1. The number of hydrogen-bond acceptors (Lipinski definition) is 3. The second-order valence-corrected chi connectivity index (χ2v) is 6.05. The Morgan fingerprint density at radius 1 is 1.59 bits per heavy atom. The van der Waals surface area contributed by atoms with Crippen LogP contribution in [-0.4, -0.2) is 37.0 Å². The number of hydrogen-bond donors (Lipinski definition) is 2. The molecule has 1 fully saturated rings. The Balaban J connectivity index is 2.59. The van der Waals surface area contributed by atoms with E-state index in [0.29, 0.717) is 0 Å². The van der Waals surface area contributed by atoms with Gasteiger partial charge in [-0.15, -0.1) is 0 Å². The summed E-state index contributed by atoms with van der Waals surface area (Å²) in [4.78, 5) is 12.4. The van der Waals surface area contributed by atoms with Gasteiger partial charge in [0.15, 0.2) is 0 Å². The van der Waals surface area contributed by atoms with Crippen LogP contribution in [-0.2, 0) is 4.79 Å². The van der Waals surface area contributed by atoms with Crippen LogP contribution in [0.5, 0.6) is 0 Å². The van der Waals surface area contributed by atoms with Gasteiger partial charge in [-0.3, -0.25) is 4.79 Å². The van der Waals surface area contributed by atoms with Crippen LogP contribution >= 0.6 is 11.8 Å². The average molecular weight is 258 g/mol. The topological polar surface area (TPSA) is 41.1 Å². The summed E-state index contributed by atoms with van der Waals surface area (Å²) >= 11 is 1.78. The lowest BCUT2D eigenvalue weighted by atomic mass is 9.76. The molecule has 3 nitrogen and oxygen atoms in total. The van der Waals surface area contributed by atoms with Crippen molar-refractivity contribution in [1.29, 1.82) is 0 Å². The molecule has 0 aliphatic carbocycles. The third kappa shape index (κ3) is 4.18. The van der Waals surface area contributed by atoms with Gasteiger partial charge in [0.05, 0.1) is 5.41 Å². The lowest BCUT2D eigenvalue weighted by Gasteiger charge is -2.37. The molecule has 17 heavy (non-hydrogen) atoms. The molecule has 1 aliphatic heterocycles. The van der Waals surface area contributed by atoms with E-state index in [0.717, 1.165) is 44.5 Å². The molecular weight excluding hydrogens is 232 g/mol. The van der Waals surface area contributed by atoms with Gasteiger partial charge in [-0.2, -0.15) is 11.8 Å². The molecule has 1 aliphatic rings. The van der Waals surface area contributed by atoms with Crippen LogP contribution in [0.2, 0.25) is 0 Å². The van der Waals surface area contributed by atoms with Crippen LogP contribution in [0.1, 0.15) is 39.5 Å². The zero-order chi connectivity index (χ0) is 12.7. The average Bonchev–Trinajstić information content (AvgIpc) is 2.30. The Kier molecular flexibility index (Phi) is 6.34. The fourth-order valence-electron chi connectivity index (χ4n) is 2.64. The summed E-state index contributed by atoms with van der Waals surface area (Å²) in [6, 6.07) is 0.271. The van der Waals surface area contributed by atoms with Gasteiger partial charge in [-0.25, -0.2) is 0 Å². The number of carbonyl (C=O) groups is 1. The smallest absolute Gasteiger partial charge is 0.227 e. The molecule has 100 valence electrons. The maximum absolute atomic E-state index is 12.4. The third-order valence-corrected chi connectivity index (χ3v) is 4.31. The van der Waals surface area contributed by atoms with Crippen LogP contribution < -0.4 is 10.6 Å². The van der Waals surface area contributed by atoms with Gasteiger partial charge in [-0.05, 0) is 39.0 Å². The van der Waals surface area contributed by atoms with Crippen molar-refractivity contribution in [3.63, 3.8) is 0 Å². The van der Waals surface area contributed by atoms with Crippen LogP contribution in [0.15, 0.2) is 0 Å². The first-order valence-electron chi connectivity index (χ1n) is 6.65. The summed E-state index contributed by atoms with van der Waals surface area (Å²) < 4.78 is 0. The molecule has 4 heteroatoms. The normalized spacial score (nSPS) is 26.5.